The number of nitrogens with two attached hydrogens (primary N) is 2. The van der Waals surface area contributed by atoms with Gasteiger partial charge in [0.1, 0.15) is 0 Å². The molecule has 2 heterocycles. The molecule has 1 aliphatic rings. The van der Waals surface area contributed by atoms with Crippen LogP contribution in [0.2, 0.25) is 0 Å². The Kier molecular flexibility index (Phi) is 4.68. The molecule has 6 nitrogen and oxygen atoms in total. The van der Waals surface area contributed by atoms with Gasteiger partial charge in [-0.15, -0.1) is 0 Å². The van der Waals surface area contributed by atoms with Crippen molar-refractivity contribution in [2.75, 3.05) is 13.1 Å². The number of rotatable bonds is 6. The van der Waals surface area contributed by atoms with Crippen LogP contribution in [0.1, 0.15) is 36.7 Å². The second-order valence-corrected chi connectivity index (χ2v) is 5.11. The van der Waals surface area contributed by atoms with E-state index in [4.69, 9.17) is 11.5 Å². The monoisotopic (exact) mass is 276 g/mol. The Morgan fingerprint density at radius 3 is 2.80 bits per heavy atom. The number of amides is 2. The average Bonchev–Trinajstić information content (AvgIpc) is 2.84. The Bertz CT molecular complexity index is 504. The number of pyridine rings is 1. The molecule has 1 atom stereocenters. The first-order chi connectivity index (χ1) is 9.56. The van der Waals surface area contributed by atoms with Crippen LogP contribution in [-0.4, -0.2) is 34.8 Å². The molecule has 1 fully saturated rings. The summed E-state index contributed by atoms with van der Waals surface area (Å²) in [4.78, 5) is 28.5. The van der Waals surface area contributed by atoms with Crippen molar-refractivity contribution >= 4 is 11.8 Å². The third-order valence-corrected chi connectivity index (χ3v) is 3.52. The van der Waals surface area contributed by atoms with Gasteiger partial charge in [-0.1, -0.05) is 6.07 Å². The van der Waals surface area contributed by atoms with E-state index in [0.29, 0.717) is 12.8 Å². The fraction of sp³-hybridized carbons (Fsp3) is 0.500. The fourth-order valence-electron chi connectivity index (χ4n) is 2.62. The van der Waals surface area contributed by atoms with Crippen LogP contribution in [-0.2, 0) is 16.0 Å². The SMILES string of the molecule is NC(=O)CCc1cccc([C@@H]2CCCN2CC(N)=O)n1. The second kappa shape index (κ2) is 6.47. The maximum Gasteiger partial charge on any atom is 0.231 e. The lowest BCUT2D eigenvalue weighted by Crippen LogP contribution is -2.33. The van der Waals surface area contributed by atoms with E-state index in [1.807, 2.05) is 18.2 Å². The molecule has 0 radical (unpaired) electrons. The molecule has 0 aliphatic carbocycles. The van der Waals surface area contributed by atoms with Gasteiger partial charge < -0.3 is 11.5 Å². The van der Waals surface area contributed by atoms with Gasteiger partial charge >= 0.3 is 0 Å². The van der Waals surface area contributed by atoms with E-state index in [1.165, 1.54) is 0 Å². The average molecular weight is 276 g/mol. The molecule has 4 N–H and O–H groups in total. The van der Waals surface area contributed by atoms with Crippen LogP contribution in [0.5, 0.6) is 0 Å². The first-order valence-electron chi connectivity index (χ1n) is 6.83. The maximum atomic E-state index is 11.1. The second-order valence-electron chi connectivity index (χ2n) is 5.11. The molecule has 2 amide bonds. The van der Waals surface area contributed by atoms with Crippen molar-refractivity contribution in [3.8, 4) is 0 Å². The predicted octanol–water partition coefficient (Wildman–Crippen LogP) is 0.122. The molecule has 6 heteroatoms. The van der Waals surface area contributed by atoms with Gasteiger partial charge in [0.05, 0.1) is 18.3 Å². The van der Waals surface area contributed by atoms with Crippen LogP contribution in [0, 0.1) is 0 Å². The highest BCUT2D eigenvalue weighted by atomic mass is 16.1. The van der Waals surface area contributed by atoms with Crippen molar-refractivity contribution in [3.05, 3.63) is 29.6 Å². The fourth-order valence-corrected chi connectivity index (χ4v) is 2.62. The summed E-state index contributed by atoms with van der Waals surface area (Å²) in [5, 5.41) is 0. The molecule has 2 rings (SSSR count). The molecule has 0 aromatic carbocycles. The standard InChI is InChI=1S/C14H20N4O2/c15-13(19)7-6-10-3-1-4-11(17-10)12-5-2-8-18(12)9-14(16)20/h1,3-4,12H,2,5-9H2,(H2,15,19)(H2,16,20)/t12-/m0/s1. The van der Waals surface area contributed by atoms with Crippen LogP contribution >= 0.6 is 0 Å². The van der Waals surface area contributed by atoms with Crippen LogP contribution in [0.15, 0.2) is 18.2 Å². The van der Waals surface area contributed by atoms with Gasteiger partial charge in [0, 0.05) is 12.1 Å². The summed E-state index contributed by atoms with van der Waals surface area (Å²) in [6.07, 6.45) is 2.85. The molecule has 0 spiro atoms. The highest BCUT2D eigenvalue weighted by Crippen LogP contribution is 2.30. The number of nitrogens with zero attached hydrogens (tertiary/aromatic N) is 2. The van der Waals surface area contributed by atoms with Gasteiger partial charge in [0.2, 0.25) is 11.8 Å². The molecule has 0 bridgehead atoms. The maximum absolute atomic E-state index is 11.1. The molecule has 1 aromatic rings. The Morgan fingerprint density at radius 1 is 1.30 bits per heavy atom. The number of carbonyl (C=O) groups excluding carboxylic acids is 2. The van der Waals surface area contributed by atoms with Crippen LogP contribution in [0.25, 0.3) is 0 Å². The summed E-state index contributed by atoms with van der Waals surface area (Å²) in [5.74, 6) is -0.643. The number of carbonyl (C=O) groups is 2. The van der Waals surface area contributed by atoms with Crippen molar-refractivity contribution in [3.63, 3.8) is 0 Å². The summed E-state index contributed by atoms with van der Waals surface area (Å²) in [7, 11) is 0. The molecule has 1 saturated heterocycles. The van der Waals surface area contributed by atoms with Crippen molar-refractivity contribution < 1.29 is 9.59 Å². The molecule has 1 aliphatic heterocycles. The van der Waals surface area contributed by atoms with Gasteiger partial charge in [-0.25, -0.2) is 0 Å². The topological polar surface area (TPSA) is 102 Å². The van der Waals surface area contributed by atoms with Gasteiger partial charge in [-0.05, 0) is 37.9 Å². The van der Waals surface area contributed by atoms with E-state index >= 15 is 0 Å². The summed E-state index contributed by atoms with van der Waals surface area (Å²) >= 11 is 0. The predicted molar refractivity (Wildman–Crippen MR) is 74.5 cm³/mol. The van der Waals surface area contributed by atoms with Crippen molar-refractivity contribution in [2.24, 2.45) is 11.5 Å². The molecule has 0 saturated carbocycles. The number of likely N-dealkylation sites (tertiary alicyclic amines) is 1. The normalized spacial score (nSPS) is 19.1. The third-order valence-electron chi connectivity index (χ3n) is 3.52. The number of aryl methyl sites for hydroxylation is 1. The number of hydrogen-bond acceptors (Lipinski definition) is 4. The van der Waals surface area contributed by atoms with Crippen molar-refractivity contribution in [1.29, 1.82) is 0 Å². The van der Waals surface area contributed by atoms with Crippen LogP contribution in [0.3, 0.4) is 0 Å². The zero-order valence-electron chi connectivity index (χ0n) is 11.4. The Hall–Kier alpha value is -1.95. The van der Waals surface area contributed by atoms with E-state index in [0.717, 1.165) is 30.8 Å². The number of aromatic nitrogens is 1. The van der Waals surface area contributed by atoms with Gasteiger partial charge in [-0.2, -0.15) is 0 Å². The Labute approximate surface area is 118 Å². The van der Waals surface area contributed by atoms with Crippen LogP contribution < -0.4 is 11.5 Å². The number of hydrogen-bond donors (Lipinski definition) is 2. The minimum absolute atomic E-state index is 0.135. The summed E-state index contributed by atoms with van der Waals surface area (Å²) in [5.41, 5.74) is 12.2. The van der Waals surface area contributed by atoms with Crippen molar-refractivity contribution in [2.45, 2.75) is 31.7 Å². The van der Waals surface area contributed by atoms with E-state index in [9.17, 15) is 9.59 Å². The van der Waals surface area contributed by atoms with E-state index in [1.54, 1.807) is 0 Å². The molecular weight excluding hydrogens is 256 g/mol. The smallest absolute Gasteiger partial charge is 0.231 e. The van der Waals surface area contributed by atoms with E-state index < -0.39 is 0 Å². The summed E-state index contributed by atoms with van der Waals surface area (Å²) in [6, 6.07) is 5.91. The molecular formula is C14H20N4O2. The summed E-state index contributed by atoms with van der Waals surface area (Å²) < 4.78 is 0. The molecule has 1 aromatic heterocycles. The van der Waals surface area contributed by atoms with Gasteiger partial charge in [0.25, 0.3) is 0 Å². The molecule has 108 valence electrons. The first kappa shape index (κ1) is 14.5. The van der Waals surface area contributed by atoms with Crippen LogP contribution in [0.4, 0.5) is 0 Å². The van der Waals surface area contributed by atoms with Gasteiger partial charge in [0.15, 0.2) is 0 Å². The Balaban J connectivity index is 2.09. The lowest BCUT2D eigenvalue weighted by Gasteiger charge is -2.22. The van der Waals surface area contributed by atoms with Crippen molar-refractivity contribution in [1.82, 2.24) is 9.88 Å². The lowest BCUT2D eigenvalue weighted by atomic mass is 10.1. The third kappa shape index (κ3) is 3.77. The Morgan fingerprint density at radius 2 is 2.10 bits per heavy atom. The molecule has 20 heavy (non-hydrogen) atoms. The largest absolute Gasteiger partial charge is 0.370 e. The zero-order chi connectivity index (χ0) is 14.5. The minimum Gasteiger partial charge on any atom is -0.370 e. The zero-order valence-corrected chi connectivity index (χ0v) is 11.4. The highest BCUT2D eigenvalue weighted by molar-refractivity contribution is 5.76. The van der Waals surface area contributed by atoms with E-state index in [2.05, 4.69) is 9.88 Å². The highest BCUT2D eigenvalue weighted by Gasteiger charge is 2.27. The quantitative estimate of drug-likeness (QED) is 0.770. The first-order valence-corrected chi connectivity index (χ1v) is 6.83. The summed E-state index contributed by atoms with van der Waals surface area (Å²) in [6.45, 7) is 1.12. The lowest BCUT2D eigenvalue weighted by molar-refractivity contribution is -0.119. The van der Waals surface area contributed by atoms with Gasteiger partial charge in [-0.3, -0.25) is 19.5 Å². The van der Waals surface area contributed by atoms with E-state index in [-0.39, 0.29) is 24.4 Å². The minimum atomic E-state index is -0.326. The number of primary amides is 2. The molecule has 0 unspecified atom stereocenters.